The van der Waals surface area contributed by atoms with Crippen molar-refractivity contribution in [1.82, 2.24) is 4.57 Å². The van der Waals surface area contributed by atoms with E-state index >= 15 is 0 Å². The minimum atomic E-state index is 1.11. The van der Waals surface area contributed by atoms with E-state index in [1.165, 1.54) is 85.8 Å². The van der Waals surface area contributed by atoms with E-state index in [9.17, 15) is 0 Å². The average Bonchev–Trinajstić information content (AvgIpc) is 3.85. The van der Waals surface area contributed by atoms with E-state index in [-0.39, 0.29) is 0 Å². The second-order valence-corrected chi connectivity index (χ2v) is 16.4. The van der Waals surface area contributed by atoms with E-state index in [1.807, 2.05) is 11.3 Å². The Kier molecular flexibility index (Phi) is 7.75. The standard InChI is InChI=1S/C56H36N2S/c1-2-12-41-35-47(31-24-37(41)10-1)57(45-29-22-39(23-30-45)43-26-32-51-52-33-25-40-11-3-4-15-48(40)56(52)59-55(51)36-43)44-27-20-38(21-28-44)42-13-9-14-46(34-42)58-53-18-7-5-16-49(53)50-17-6-8-19-54(50)58/h1-36H. The summed E-state index contributed by atoms with van der Waals surface area (Å²) in [6.07, 6.45) is 0. The van der Waals surface area contributed by atoms with Crippen LogP contribution in [0.15, 0.2) is 218 Å². The summed E-state index contributed by atoms with van der Waals surface area (Å²) in [5, 5.41) is 10.3. The lowest BCUT2D eigenvalue weighted by atomic mass is 10.0. The third-order valence-corrected chi connectivity index (χ3v) is 13.2. The summed E-state index contributed by atoms with van der Waals surface area (Å²) in [7, 11) is 0. The Hall–Kier alpha value is -7.46. The molecule has 59 heavy (non-hydrogen) atoms. The van der Waals surface area contributed by atoms with Gasteiger partial charge in [-0.1, -0.05) is 152 Å². The first-order valence-electron chi connectivity index (χ1n) is 20.2. The van der Waals surface area contributed by atoms with Crippen LogP contribution in [-0.2, 0) is 0 Å². The van der Waals surface area contributed by atoms with E-state index in [4.69, 9.17) is 0 Å². The van der Waals surface area contributed by atoms with E-state index in [0.29, 0.717) is 0 Å². The highest BCUT2D eigenvalue weighted by molar-refractivity contribution is 7.26. The molecule has 0 saturated heterocycles. The highest BCUT2D eigenvalue weighted by Crippen LogP contribution is 2.42. The lowest BCUT2D eigenvalue weighted by Gasteiger charge is -2.26. The first kappa shape index (κ1) is 33.7. The number of anilines is 3. The molecule has 2 nitrogen and oxygen atoms in total. The third kappa shape index (κ3) is 5.62. The van der Waals surface area contributed by atoms with Gasteiger partial charge in [0.25, 0.3) is 0 Å². The van der Waals surface area contributed by atoms with Gasteiger partial charge in [0.05, 0.1) is 11.0 Å². The van der Waals surface area contributed by atoms with Gasteiger partial charge >= 0.3 is 0 Å². The maximum atomic E-state index is 2.38. The fourth-order valence-corrected chi connectivity index (χ4v) is 10.4. The summed E-state index contributed by atoms with van der Waals surface area (Å²) >= 11 is 1.89. The number of hydrogen-bond acceptors (Lipinski definition) is 2. The number of fused-ring (bicyclic) bond motifs is 9. The number of rotatable bonds is 6. The van der Waals surface area contributed by atoms with Crippen molar-refractivity contribution in [3.8, 4) is 27.9 Å². The van der Waals surface area contributed by atoms with Crippen molar-refractivity contribution in [3.63, 3.8) is 0 Å². The van der Waals surface area contributed by atoms with Crippen LogP contribution in [0.2, 0.25) is 0 Å². The second kappa shape index (κ2) is 13.6. The van der Waals surface area contributed by atoms with E-state index in [0.717, 1.165) is 22.7 Å². The zero-order chi connectivity index (χ0) is 38.9. The lowest BCUT2D eigenvalue weighted by molar-refractivity contribution is 1.18. The Morgan fingerprint density at radius 3 is 1.58 bits per heavy atom. The fraction of sp³-hybridized carbons (Fsp3) is 0. The number of aromatic nitrogens is 1. The maximum Gasteiger partial charge on any atom is 0.0541 e. The van der Waals surface area contributed by atoms with Gasteiger partial charge in [0.15, 0.2) is 0 Å². The van der Waals surface area contributed by atoms with Crippen molar-refractivity contribution in [2.24, 2.45) is 0 Å². The molecule has 0 unspecified atom stereocenters. The molecule has 0 bridgehead atoms. The molecule has 12 rings (SSSR count). The smallest absolute Gasteiger partial charge is 0.0541 e. The zero-order valence-electron chi connectivity index (χ0n) is 32.1. The van der Waals surface area contributed by atoms with Gasteiger partial charge in [-0.3, -0.25) is 0 Å². The monoisotopic (exact) mass is 768 g/mol. The Bertz CT molecular complexity index is 3500. The van der Waals surface area contributed by atoms with Crippen LogP contribution in [0.3, 0.4) is 0 Å². The van der Waals surface area contributed by atoms with E-state index in [2.05, 4.69) is 228 Å². The van der Waals surface area contributed by atoms with Crippen molar-refractivity contribution in [1.29, 1.82) is 0 Å². The van der Waals surface area contributed by atoms with Gasteiger partial charge < -0.3 is 9.47 Å². The van der Waals surface area contributed by atoms with Crippen LogP contribution in [0.4, 0.5) is 17.1 Å². The summed E-state index contributed by atoms with van der Waals surface area (Å²) < 4.78 is 5.06. The van der Waals surface area contributed by atoms with Gasteiger partial charge in [0.2, 0.25) is 0 Å². The molecular weight excluding hydrogens is 733 g/mol. The van der Waals surface area contributed by atoms with Crippen LogP contribution in [0.25, 0.3) is 91.5 Å². The van der Waals surface area contributed by atoms with Gasteiger partial charge in [-0.25, -0.2) is 0 Å². The molecule has 2 aromatic heterocycles. The molecule has 0 spiro atoms. The van der Waals surface area contributed by atoms with Crippen molar-refractivity contribution in [2.45, 2.75) is 0 Å². The molecule has 0 atom stereocenters. The topological polar surface area (TPSA) is 8.17 Å². The molecule has 0 aliphatic rings. The Labute approximate surface area is 346 Å². The average molecular weight is 769 g/mol. The van der Waals surface area contributed by atoms with Crippen LogP contribution < -0.4 is 4.90 Å². The number of benzene rings is 10. The molecule has 0 aliphatic heterocycles. The number of para-hydroxylation sites is 2. The van der Waals surface area contributed by atoms with Gasteiger partial charge in [0, 0.05) is 53.7 Å². The maximum absolute atomic E-state index is 2.38. The minimum absolute atomic E-state index is 1.11. The van der Waals surface area contributed by atoms with E-state index < -0.39 is 0 Å². The molecule has 276 valence electrons. The Balaban J connectivity index is 0.914. The summed E-state index contributed by atoms with van der Waals surface area (Å²) in [6.45, 7) is 0. The van der Waals surface area contributed by atoms with Crippen LogP contribution in [-0.4, -0.2) is 4.57 Å². The molecule has 0 radical (unpaired) electrons. The SMILES string of the molecule is c1cc(-c2ccc(N(c3ccc(-c4ccc5c(c4)sc4c6ccccc6ccc54)cc3)c3ccc4ccccc4c3)cc2)cc(-n2c3ccccc3c3ccccc32)c1. The zero-order valence-corrected chi connectivity index (χ0v) is 32.9. The lowest BCUT2D eigenvalue weighted by Crippen LogP contribution is -2.09. The number of nitrogens with zero attached hydrogens (tertiary/aromatic N) is 2. The molecule has 0 saturated carbocycles. The predicted molar refractivity (Wildman–Crippen MR) is 254 cm³/mol. The summed E-state index contributed by atoms with van der Waals surface area (Å²) in [5.74, 6) is 0. The van der Waals surface area contributed by atoms with Crippen LogP contribution in [0.5, 0.6) is 0 Å². The van der Waals surface area contributed by atoms with Gasteiger partial charge in [-0.15, -0.1) is 11.3 Å². The number of hydrogen-bond donors (Lipinski definition) is 0. The molecule has 0 fully saturated rings. The summed E-state index contributed by atoms with van der Waals surface area (Å²) in [6, 6.07) is 79.9. The number of thiophene rings is 1. The molecule has 2 heterocycles. The van der Waals surface area contributed by atoms with Crippen LogP contribution >= 0.6 is 11.3 Å². The van der Waals surface area contributed by atoms with Crippen molar-refractivity contribution < 1.29 is 0 Å². The van der Waals surface area contributed by atoms with Crippen LogP contribution in [0, 0.1) is 0 Å². The Morgan fingerprint density at radius 1 is 0.322 bits per heavy atom. The predicted octanol–water partition coefficient (Wildman–Crippen LogP) is 16.3. The largest absolute Gasteiger partial charge is 0.310 e. The van der Waals surface area contributed by atoms with Gasteiger partial charge in [0.1, 0.15) is 0 Å². The first-order valence-corrected chi connectivity index (χ1v) is 21.0. The minimum Gasteiger partial charge on any atom is -0.310 e. The van der Waals surface area contributed by atoms with Gasteiger partial charge in [-0.2, -0.15) is 0 Å². The normalized spacial score (nSPS) is 11.7. The van der Waals surface area contributed by atoms with Gasteiger partial charge in [-0.05, 0) is 111 Å². The molecule has 3 heteroatoms. The molecule has 12 aromatic rings. The molecular formula is C56H36N2S. The molecule has 0 aliphatic carbocycles. The van der Waals surface area contributed by atoms with Crippen molar-refractivity contribution in [3.05, 3.63) is 218 Å². The fourth-order valence-electron chi connectivity index (χ4n) is 9.08. The summed E-state index contributed by atoms with van der Waals surface area (Å²) in [4.78, 5) is 2.37. The first-order chi connectivity index (χ1) is 29.2. The molecule has 0 N–H and O–H groups in total. The van der Waals surface area contributed by atoms with Crippen LogP contribution in [0.1, 0.15) is 0 Å². The highest BCUT2D eigenvalue weighted by atomic mass is 32.1. The second-order valence-electron chi connectivity index (χ2n) is 15.4. The molecule has 10 aromatic carbocycles. The summed E-state index contributed by atoms with van der Waals surface area (Å²) in [5.41, 5.74) is 11.7. The van der Waals surface area contributed by atoms with Crippen molar-refractivity contribution in [2.75, 3.05) is 4.90 Å². The molecule has 0 amide bonds. The quantitative estimate of drug-likeness (QED) is 0.164. The van der Waals surface area contributed by atoms with E-state index in [1.54, 1.807) is 0 Å². The Morgan fingerprint density at radius 2 is 0.864 bits per heavy atom. The van der Waals surface area contributed by atoms with Crippen molar-refractivity contribution >= 4 is 91.9 Å². The third-order valence-electron chi connectivity index (χ3n) is 12.0. The highest BCUT2D eigenvalue weighted by Gasteiger charge is 2.16.